The summed E-state index contributed by atoms with van der Waals surface area (Å²) < 4.78 is 10.3. The highest BCUT2D eigenvalue weighted by Crippen LogP contribution is 2.21. The molecule has 2 rings (SSSR count). The SMILES string of the molecule is Cc1cc(Cl)ccc1OCC(=O)OCC(=O)Nc1ccc(C(=O)N(C)C)cc1. The van der Waals surface area contributed by atoms with Gasteiger partial charge in [0.1, 0.15) is 5.75 Å². The van der Waals surface area contributed by atoms with Crippen molar-refractivity contribution in [2.45, 2.75) is 6.92 Å². The zero-order valence-corrected chi connectivity index (χ0v) is 16.6. The first-order chi connectivity index (χ1) is 13.3. The number of carbonyl (C=O) groups excluding carboxylic acids is 3. The molecule has 2 amide bonds. The lowest BCUT2D eigenvalue weighted by Crippen LogP contribution is -2.24. The molecule has 0 aliphatic heterocycles. The molecule has 1 N–H and O–H groups in total. The van der Waals surface area contributed by atoms with Crippen LogP contribution < -0.4 is 10.1 Å². The molecule has 0 aromatic heterocycles. The molecule has 0 unspecified atom stereocenters. The summed E-state index contributed by atoms with van der Waals surface area (Å²) in [6.45, 7) is 1.04. The van der Waals surface area contributed by atoms with E-state index in [-0.39, 0.29) is 12.5 Å². The highest BCUT2D eigenvalue weighted by molar-refractivity contribution is 6.30. The molecule has 0 fully saturated rings. The standard InChI is InChI=1S/C20H21ClN2O5/c1-13-10-15(21)6-9-17(13)27-12-19(25)28-11-18(24)22-16-7-4-14(5-8-16)20(26)23(2)3/h4-10H,11-12H2,1-3H3,(H,22,24). The van der Waals surface area contributed by atoms with Gasteiger partial charge in [0.2, 0.25) is 0 Å². The molecule has 8 heteroatoms. The van der Waals surface area contributed by atoms with Crippen molar-refractivity contribution in [3.8, 4) is 5.75 Å². The van der Waals surface area contributed by atoms with Crippen molar-refractivity contribution in [3.63, 3.8) is 0 Å². The average molecular weight is 405 g/mol. The third-order valence-corrected chi connectivity index (χ3v) is 3.90. The molecule has 0 heterocycles. The molecule has 0 saturated carbocycles. The largest absolute Gasteiger partial charge is 0.482 e. The Morgan fingerprint density at radius 1 is 1.04 bits per heavy atom. The molecule has 0 radical (unpaired) electrons. The smallest absolute Gasteiger partial charge is 0.344 e. The topological polar surface area (TPSA) is 84.9 Å². The van der Waals surface area contributed by atoms with Gasteiger partial charge in [0.25, 0.3) is 11.8 Å². The summed E-state index contributed by atoms with van der Waals surface area (Å²) in [5.41, 5.74) is 1.78. The number of halogens is 1. The van der Waals surface area contributed by atoms with E-state index in [0.717, 1.165) is 5.56 Å². The van der Waals surface area contributed by atoms with Gasteiger partial charge < -0.3 is 19.7 Å². The van der Waals surface area contributed by atoms with E-state index in [9.17, 15) is 14.4 Å². The number of nitrogens with one attached hydrogen (secondary N) is 1. The first kappa shape index (κ1) is 21.2. The minimum Gasteiger partial charge on any atom is -0.482 e. The van der Waals surface area contributed by atoms with Gasteiger partial charge in [-0.3, -0.25) is 9.59 Å². The van der Waals surface area contributed by atoms with E-state index in [1.54, 1.807) is 63.5 Å². The van der Waals surface area contributed by atoms with Crippen LogP contribution in [0.3, 0.4) is 0 Å². The van der Waals surface area contributed by atoms with E-state index in [1.165, 1.54) is 4.90 Å². The lowest BCUT2D eigenvalue weighted by atomic mass is 10.2. The second-order valence-corrected chi connectivity index (χ2v) is 6.62. The maximum atomic E-state index is 11.9. The molecule has 0 aliphatic carbocycles. The number of nitrogens with zero attached hydrogens (tertiary/aromatic N) is 1. The monoisotopic (exact) mass is 404 g/mol. The van der Waals surface area contributed by atoms with Crippen LogP contribution >= 0.6 is 11.6 Å². The van der Waals surface area contributed by atoms with Gasteiger partial charge in [-0.15, -0.1) is 0 Å². The minimum atomic E-state index is -0.670. The van der Waals surface area contributed by atoms with Crippen molar-refractivity contribution in [2.24, 2.45) is 0 Å². The number of hydrogen-bond donors (Lipinski definition) is 1. The second kappa shape index (κ2) is 9.75. The number of anilines is 1. The molecule has 0 atom stereocenters. The van der Waals surface area contributed by atoms with Crippen LogP contribution in [0.1, 0.15) is 15.9 Å². The minimum absolute atomic E-state index is 0.136. The summed E-state index contributed by atoms with van der Waals surface area (Å²) in [6.07, 6.45) is 0. The highest BCUT2D eigenvalue weighted by atomic mass is 35.5. The maximum absolute atomic E-state index is 11.9. The fourth-order valence-electron chi connectivity index (χ4n) is 2.25. The van der Waals surface area contributed by atoms with Crippen LogP contribution in [0.25, 0.3) is 0 Å². The molecule has 0 saturated heterocycles. The Hall–Kier alpha value is -3.06. The maximum Gasteiger partial charge on any atom is 0.344 e. The number of carbonyl (C=O) groups is 3. The van der Waals surface area contributed by atoms with E-state index in [1.807, 2.05) is 0 Å². The van der Waals surface area contributed by atoms with E-state index in [0.29, 0.717) is 22.0 Å². The fourth-order valence-corrected chi connectivity index (χ4v) is 2.48. The molecule has 28 heavy (non-hydrogen) atoms. The predicted octanol–water partition coefficient (Wildman–Crippen LogP) is 2.91. The third kappa shape index (κ3) is 6.28. The van der Waals surface area contributed by atoms with E-state index < -0.39 is 18.5 Å². The van der Waals surface area contributed by atoms with Crippen LogP contribution in [-0.4, -0.2) is 50.0 Å². The van der Waals surface area contributed by atoms with Crippen molar-refractivity contribution in [1.29, 1.82) is 0 Å². The number of aryl methyl sites for hydroxylation is 1. The Morgan fingerprint density at radius 2 is 1.71 bits per heavy atom. The van der Waals surface area contributed by atoms with Crippen LogP contribution in [0, 0.1) is 6.92 Å². The van der Waals surface area contributed by atoms with Gasteiger partial charge in [0.15, 0.2) is 13.2 Å². The summed E-state index contributed by atoms with van der Waals surface area (Å²) in [7, 11) is 3.31. The normalized spacial score (nSPS) is 10.1. The molecular formula is C20H21ClN2O5. The first-order valence-corrected chi connectivity index (χ1v) is 8.80. The molecule has 2 aromatic carbocycles. The van der Waals surface area contributed by atoms with Gasteiger partial charge in [-0.25, -0.2) is 4.79 Å². The first-order valence-electron chi connectivity index (χ1n) is 8.42. The summed E-state index contributed by atoms with van der Waals surface area (Å²) in [5, 5.41) is 3.16. The highest BCUT2D eigenvalue weighted by Gasteiger charge is 2.11. The third-order valence-electron chi connectivity index (χ3n) is 3.67. The lowest BCUT2D eigenvalue weighted by molar-refractivity contribution is -0.149. The average Bonchev–Trinajstić information content (AvgIpc) is 2.65. The van der Waals surface area contributed by atoms with Crippen LogP contribution in [0.4, 0.5) is 5.69 Å². The van der Waals surface area contributed by atoms with Gasteiger partial charge in [-0.05, 0) is 55.0 Å². The predicted molar refractivity (Wildman–Crippen MR) is 106 cm³/mol. The molecule has 0 spiro atoms. The molecule has 7 nitrogen and oxygen atoms in total. The summed E-state index contributed by atoms with van der Waals surface area (Å²) in [6, 6.07) is 11.4. The zero-order chi connectivity index (χ0) is 20.7. The fraction of sp³-hybridized carbons (Fsp3) is 0.250. The Labute approximate surface area is 168 Å². The van der Waals surface area contributed by atoms with Gasteiger partial charge in [0, 0.05) is 30.4 Å². The van der Waals surface area contributed by atoms with Crippen LogP contribution in [0.2, 0.25) is 5.02 Å². The van der Waals surface area contributed by atoms with Crippen molar-refractivity contribution in [1.82, 2.24) is 4.90 Å². The number of esters is 1. The summed E-state index contributed by atoms with van der Waals surface area (Å²) in [4.78, 5) is 36.9. The van der Waals surface area contributed by atoms with Crippen molar-refractivity contribution >= 4 is 35.1 Å². The number of rotatable bonds is 7. The molecule has 0 aliphatic rings. The van der Waals surface area contributed by atoms with Gasteiger partial charge >= 0.3 is 5.97 Å². The van der Waals surface area contributed by atoms with Gasteiger partial charge in [0.05, 0.1) is 0 Å². The Bertz CT molecular complexity index is 865. The lowest BCUT2D eigenvalue weighted by Gasteiger charge is -2.11. The van der Waals surface area contributed by atoms with Crippen molar-refractivity contribution < 1.29 is 23.9 Å². The Balaban J connectivity index is 1.77. The molecular weight excluding hydrogens is 384 g/mol. The Kier molecular flexibility index (Phi) is 7.40. The summed E-state index contributed by atoms with van der Waals surface area (Å²) >= 11 is 5.86. The van der Waals surface area contributed by atoms with Gasteiger partial charge in [-0.1, -0.05) is 11.6 Å². The number of hydrogen-bond acceptors (Lipinski definition) is 5. The van der Waals surface area contributed by atoms with Crippen LogP contribution in [0.5, 0.6) is 5.75 Å². The number of benzene rings is 2. The van der Waals surface area contributed by atoms with E-state index in [2.05, 4.69) is 5.32 Å². The quantitative estimate of drug-likeness (QED) is 0.717. The summed E-state index contributed by atoms with van der Waals surface area (Å²) in [5.74, 6) is -0.792. The Morgan fingerprint density at radius 3 is 2.32 bits per heavy atom. The van der Waals surface area contributed by atoms with Crippen molar-refractivity contribution in [3.05, 3.63) is 58.6 Å². The zero-order valence-electron chi connectivity index (χ0n) is 15.8. The van der Waals surface area contributed by atoms with Crippen LogP contribution in [-0.2, 0) is 14.3 Å². The number of amides is 2. The van der Waals surface area contributed by atoms with Crippen molar-refractivity contribution in [2.75, 3.05) is 32.6 Å². The number of ether oxygens (including phenoxy) is 2. The van der Waals surface area contributed by atoms with Gasteiger partial charge in [-0.2, -0.15) is 0 Å². The molecule has 2 aromatic rings. The van der Waals surface area contributed by atoms with E-state index in [4.69, 9.17) is 21.1 Å². The molecule has 148 valence electrons. The van der Waals surface area contributed by atoms with E-state index >= 15 is 0 Å². The second-order valence-electron chi connectivity index (χ2n) is 6.18. The van der Waals surface area contributed by atoms with Crippen LogP contribution in [0.15, 0.2) is 42.5 Å². The molecule has 0 bridgehead atoms.